The van der Waals surface area contributed by atoms with Crippen LogP contribution in [0.1, 0.15) is 11.5 Å². The summed E-state index contributed by atoms with van der Waals surface area (Å²) in [6, 6.07) is 21.1. The molecule has 4 aromatic rings. The Balaban J connectivity index is 1.45. The standard InChI is InChI=1S/C22H19NO4/c24-22(16-27-19-10-9-17-5-1-2-6-18(17)13-19)23(14-20-7-3-11-25-20)15-21-8-4-12-26-21/h1-13H,14-16H2. The van der Waals surface area contributed by atoms with E-state index in [0.717, 1.165) is 10.8 Å². The van der Waals surface area contributed by atoms with Gasteiger partial charge in [-0.3, -0.25) is 4.79 Å². The molecule has 136 valence electrons. The fourth-order valence-electron chi connectivity index (χ4n) is 2.91. The van der Waals surface area contributed by atoms with E-state index in [0.29, 0.717) is 30.4 Å². The highest BCUT2D eigenvalue weighted by atomic mass is 16.5. The Hall–Kier alpha value is -3.47. The van der Waals surface area contributed by atoms with Crippen LogP contribution >= 0.6 is 0 Å². The van der Waals surface area contributed by atoms with E-state index < -0.39 is 0 Å². The highest BCUT2D eigenvalue weighted by Crippen LogP contribution is 2.21. The van der Waals surface area contributed by atoms with Crippen molar-refractivity contribution in [3.05, 3.63) is 90.8 Å². The lowest BCUT2D eigenvalue weighted by Gasteiger charge is -2.20. The van der Waals surface area contributed by atoms with Crippen molar-refractivity contribution in [3.8, 4) is 5.75 Å². The molecule has 27 heavy (non-hydrogen) atoms. The van der Waals surface area contributed by atoms with Crippen LogP contribution in [0.2, 0.25) is 0 Å². The van der Waals surface area contributed by atoms with Crippen LogP contribution in [0.25, 0.3) is 10.8 Å². The fraction of sp³-hybridized carbons (Fsp3) is 0.136. The summed E-state index contributed by atoms with van der Waals surface area (Å²) in [5.41, 5.74) is 0. The predicted molar refractivity (Wildman–Crippen MR) is 101 cm³/mol. The maximum atomic E-state index is 12.8. The maximum Gasteiger partial charge on any atom is 0.261 e. The fourth-order valence-corrected chi connectivity index (χ4v) is 2.91. The summed E-state index contributed by atoms with van der Waals surface area (Å²) < 4.78 is 16.5. The van der Waals surface area contributed by atoms with Gasteiger partial charge in [-0.15, -0.1) is 0 Å². The average molecular weight is 361 g/mol. The zero-order chi connectivity index (χ0) is 18.5. The number of nitrogens with zero attached hydrogens (tertiary/aromatic N) is 1. The number of fused-ring (bicyclic) bond motifs is 1. The van der Waals surface area contributed by atoms with E-state index in [9.17, 15) is 4.79 Å². The van der Waals surface area contributed by atoms with E-state index in [-0.39, 0.29) is 12.5 Å². The summed E-state index contributed by atoms with van der Waals surface area (Å²) in [6.07, 6.45) is 3.19. The van der Waals surface area contributed by atoms with Gasteiger partial charge in [0.05, 0.1) is 25.6 Å². The third kappa shape index (κ3) is 4.20. The Morgan fingerprint density at radius 1 is 0.815 bits per heavy atom. The number of benzene rings is 2. The summed E-state index contributed by atoms with van der Waals surface area (Å²) in [7, 11) is 0. The van der Waals surface area contributed by atoms with Gasteiger partial charge in [0.1, 0.15) is 17.3 Å². The minimum atomic E-state index is -0.143. The van der Waals surface area contributed by atoms with Crippen LogP contribution in [-0.4, -0.2) is 17.4 Å². The van der Waals surface area contributed by atoms with Crippen LogP contribution in [0.5, 0.6) is 5.75 Å². The van der Waals surface area contributed by atoms with Crippen molar-refractivity contribution in [1.82, 2.24) is 4.90 Å². The quantitative estimate of drug-likeness (QED) is 0.481. The molecule has 0 N–H and O–H groups in total. The first kappa shape index (κ1) is 17.0. The molecule has 2 heterocycles. The van der Waals surface area contributed by atoms with E-state index in [2.05, 4.69) is 0 Å². The molecule has 0 bridgehead atoms. The Morgan fingerprint density at radius 3 is 2.11 bits per heavy atom. The van der Waals surface area contributed by atoms with E-state index >= 15 is 0 Å². The van der Waals surface area contributed by atoms with Gasteiger partial charge >= 0.3 is 0 Å². The molecular formula is C22H19NO4. The van der Waals surface area contributed by atoms with E-state index in [4.69, 9.17) is 13.6 Å². The summed E-state index contributed by atoms with van der Waals surface area (Å²) >= 11 is 0. The second kappa shape index (κ2) is 7.83. The van der Waals surface area contributed by atoms with Crippen molar-refractivity contribution in [2.75, 3.05) is 6.61 Å². The number of carbonyl (C=O) groups excluding carboxylic acids is 1. The van der Waals surface area contributed by atoms with Gasteiger partial charge < -0.3 is 18.5 Å². The van der Waals surface area contributed by atoms with Gasteiger partial charge in [0.25, 0.3) is 5.91 Å². The zero-order valence-electron chi connectivity index (χ0n) is 14.7. The van der Waals surface area contributed by atoms with Crippen LogP contribution in [-0.2, 0) is 17.9 Å². The topological polar surface area (TPSA) is 55.8 Å². The molecule has 0 fully saturated rings. The normalized spacial score (nSPS) is 10.8. The van der Waals surface area contributed by atoms with Crippen molar-refractivity contribution in [1.29, 1.82) is 0 Å². The Kier molecular flexibility index (Phi) is 4.92. The number of rotatable bonds is 7. The lowest BCUT2D eigenvalue weighted by Crippen LogP contribution is -2.33. The lowest BCUT2D eigenvalue weighted by atomic mass is 10.1. The molecule has 2 aromatic carbocycles. The number of hydrogen-bond donors (Lipinski definition) is 0. The first-order valence-electron chi connectivity index (χ1n) is 8.72. The highest BCUT2D eigenvalue weighted by Gasteiger charge is 2.18. The number of furan rings is 2. The molecule has 0 aliphatic carbocycles. The van der Waals surface area contributed by atoms with Crippen molar-refractivity contribution in [2.24, 2.45) is 0 Å². The van der Waals surface area contributed by atoms with E-state index in [1.54, 1.807) is 29.6 Å². The molecular weight excluding hydrogens is 342 g/mol. The Morgan fingerprint density at radius 2 is 1.48 bits per heavy atom. The number of ether oxygens (including phenoxy) is 1. The first-order valence-corrected chi connectivity index (χ1v) is 8.72. The Labute approximate surface area is 156 Å². The second-order valence-electron chi connectivity index (χ2n) is 6.21. The monoisotopic (exact) mass is 361 g/mol. The van der Waals surface area contributed by atoms with Crippen molar-refractivity contribution in [3.63, 3.8) is 0 Å². The lowest BCUT2D eigenvalue weighted by molar-refractivity contribution is -0.135. The minimum absolute atomic E-state index is 0.0558. The third-order valence-electron chi connectivity index (χ3n) is 4.29. The SMILES string of the molecule is O=C(COc1ccc2ccccc2c1)N(Cc1ccco1)Cc1ccco1. The summed E-state index contributed by atoms with van der Waals surface area (Å²) in [5.74, 6) is 1.94. The van der Waals surface area contributed by atoms with Gasteiger partial charge in [0.15, 0.2) is 6.61 Å². The largest absolute Gasteiger partial charge is 0.484 e. The average Bonchev–Trinajstić information content (AvgIpc) is 3.39. The van der Waals surface area contributed by atoms with Crippen LogP contribution in [0.3, 0.4) is 0 Å². The van der Waals surface area contributed by atoms with Gasteiger partial charge in [0, 0.05) is 0 Å². The van der Waals surface area contributed by atoms with Gasteiger partial charge in [-0.05, 0) is 47.2 Å². The number of hydrogen-bond acceptors (Lipinski definition) is 4. The summed E-state index contributed by atoms with van der Waals surface area (Å²) in [5, 5.41) is 2.21. The first-order chi connectivity index (χ1) is 13.3. The molecule has 0 saturated carbocycles. The summed E-state index contributed by atoms with van der Waals surface area (Å²) in [6.45, 7) is 0.654. The number of amides is 1. The second-order valence-corrected chi connectivity index (χ2v) is 6.21. The Bertz CT molecular complexity index is 970. The van der Waals surface area contributed by atoms with Crippen LogP contribution in [0.15, 0.2) is 88.1 Å². The molecule has 2 aromatic heterocycles. The van der Waals surface area contributed by atoms with Gasteiger partial charge in [-0.2, -0.15) is 0 Å². The molecule has 0 unspecified atom stereocenters. The van der Waals surface area contributed by atoms with Gasteiger partial charge in [-0.1, -0.05) is 30.3 Å². The molecule has 0 radical (unpaired) electrons. The van der Waals surface area contributed by atoms with Crippen molar-refractivity contribution < 1.29 is 18.4 Å². The molecule has 0 atom stereocenters. The molecule has 0 spiro atoms. The van der Waals surface area contributed by atoms with Crippen LogP contribution in [0, 0.1) is 0 Å². The molecule has 0 saturated heterocycles. The van der Waals surface area contributed by atoms with E-state index in [1.165, 1.54) is 0 Å². The molecule has 4 rings (SSSR count). The third-order valence-corrected chi connectivity index (χ3v) is 4.29. The molecule has 0 aliphatic rings. The molecule has 1 amide bonds. The zero-order valence-corrected chi connectivity index (χ0v) is 14.7. The highest BCUT2D eigenvalue weighted by molar-refractivity contribution is 5.84. The minimum Gasteiger partial charge on any atom is -0.484 e. The van der Waals surface area contributed by atoms with Gasteiger partial charge in [-0.25, -0.2) is 0 Å². The number of carbonyl (C=O) groups is 1. The summed E-state index contributed by atoms with van der Waals surface area (Å²) in [4.78, 5) is 14.4. The van der Waals surface area contributed by atoms with Crippen molar-refractivity contribution >= 4 is 16.7 Å². The predicted octanol–water partition coefficient (Wildman–Crippen LogP) is 4.63. The molecule has 5 heteroatoms. The molecule has 5 nitrogen and oxygen atoms in total. The van der Waals surface area contributed by atoms with Crippen LogP contribution < -0.4 is 4.74 Å². The maximum absolute atomic E-state index is 12.8. The molecule has 0 aliphatic heterocycles. The van der Waals surface area contributed by atoms with E-state index in [1.807, 2.05) is 54.6 Å². The smallest absolute Gasteiger partial charge is 0.261 e. The van der Waals surface area contributed by atoms with Crippen molar-refractivity contribution in [2.45, 2.75) is 13.1 Å². The van der Waals surface area contributed by atoms with Crippen LogP contribution in [0.4, 0.5) is 0 Å². The van der Waals surface area contributed by atoms with Gasteiger partial charge in [0.2, 0.25) is 0 Å².